The topological polar surface area (TPSA) is 99.2 Å². The van der Waals surface area contributed by atoms with Crippen LogP contribution in [0.2, 0.25) is 0 Å². The van der Waals surface area contributed by atoms with Gasteiger partial charge in [-0.1, -0.05) is 18.2 Å². The molecule has 3 aromatic heterocycles. The lowest BCUT2D eigenvalue weighted by Gasteiger charge is -2.49. The van der Waals surface area contributed by atoms with Crippen LogP contribution in [0.1, 0.15) is 82.5 Å². The minimum atomic E-state index is -0.543. The second-order valence-corrected chi connectivity index (χ2v) is 12.3. The quantitative estimate of drug-likeness (QED) is 0.434. The minimum absolute atomic E-state index is 0.0354. The van der Waals surface area contributed by atoms with Crippen molar-refractivity contribution >= 4 is 22.9 Å². The number of fused-ring (bicyclic) bond motifs is 1. The second kappa shape index (κ2) is 9.10. The lowest BCUT2D eigenvalue weighted by Crippen LogP contribution is -2.50. The summed E-state index contributed by atoms with van der Waals surface area (Å²) in [6, 6.07) is 4.33. The molecule has 0 bridgehead atoms. The fraction of sp³-hybridized carbons (Fsp3) is 0.533. The van der Waals surface area contributed by atoms with Crippen molar-refractivity contribution in [3.8, 4) is 11.1 Å². The second-order valence-electron chi connectivity index (χ2n) is 12.3. The number of hydrogen-bond acceptors (Lipinski definition) is 6. The first-order valence-corrected chi connectivity index (χ1v) is 13.8. The van der Waals surface area contributed by atoms with E-state index < -0.39 is 5.60 Å². The van der Waals surface area contributed by atoms with Crippen LogP contribution in [0.25, 0.3) is 22.2 Å². The number of nitrogens with zero attached hydrogens (tertiary/aromatic N) is 5. The number of carbonyl (C=O) groups excluding carboxylic acids is 1. The Bertz CT molecular complexity index is 1400. The predicted molar refractivity (Wildman–Crippen MR) is 149 cm³/mol. The molecule has 2 atom stereocenters. The molecule has 8 nitrogen and oxygen atoms in total. The molecule has 2 unspecified atom stereocenters. The maximum atomic E-state index is 13.3. The molecular weight excluding hydrogens is 476 g/mol. The minimum Gasteiger partial charge on any atom is -0.444 e. The Morgan fingerprint density at radius 2 is 1.95 bits per heavy atom. The Labute approximate surface area is 224 Å². The zero-order valence-corrected chi connectivity index (χ0v) is 22.9. The highest BCUT2D eigenvalue weighted by molar-refractivity contribution is 6.02. The normalized spacial score (nSPS) is 23.8. The number of anilines is 1. The van der Waals surface area contributed by atoms with Crippen LogP contribution < -0.4 is 5.73 Å². The molecule has 6 rings (SSSR count). The molecule has 1 spiro atoms. The highest BCUT2D eigenvalue weighted by atomic mass is 16.6. The van der Waals surface area contributed by atoms with E-state index in [1.54, 1.807) is 0 Å². The summed E-state index contributed by atoms with van der Waals surface area (Å²) in [6.45, 7) is 7.03. The van der Waals surface area contributed by atoms with Gasteiger partial charge in [-0.25, -0.2) is 14.8 Å². The van der Waals surface area contributed by atoms with E-state index in [1.807, 2.05) is 31.9 Å². The predicted octanol–water partition coefficient (Wildman–Crippen LogP) is 5.94. The molecule has 2 fully saturated rings. The number of rotatable bonds is 3. The smallest absolute Gasteiger partial charge is 0.410 e. The number of pyridine rings is 1. The van der Waals surface area contributed by atoms with Gasteiger partial charge < -0.3 is 19.9 Å². The molecule has 8 heteroatoms. The lowest BCUT2D eigenvalue weighted by molar-refractivity contribution is 0.00134. The van der Waals surface area contributed by atoms with Crippen molar-refractivity contribution in [2.45, 2.75) is 76.7 Å². The van der Waals surface area contributed by atoms with Crippen LogP contribution in [0.4, 0.5) is 10.6 Å². The molecule has 1 aliphatic heterocycles. The number of amides is 1. The zero-order valence-electron chi connectivity index (χ0n) is 22.9. The molecule has 200 valence electrons. The van der Waals surface area contributed by atoms with Gasteiger partial charge in [0.2, 0.25) is 0 Å². The Hall–Kier alpha value is -3.42. The van der Waals surface area contributed by atoms with Crippen molar-refractivity contribution in [3.05, 3.63) is 48.2 Å². The van der Waals surface area contributed by atoms with E-state index in [9.17, 15) is 4.79 Å². The van der Waals surface area contributed by atoms with Crippen molar-refractivity contribution < 1.29 is 9.53 Å². The summed E-state index contributed by atoms with van der Waals surface area (Å²) < 4.78 is 8.00. The summed E-state index contributed by atoms with van der Waals surface area (Å²) in [6.07, 6.45) is 14.3. The highest BCUT2D eigenvalue weighted by Gasteiger charge is 2.47. The third-order valence-corrected chi connectivity index (χ3v) is 8.62. The molecule has 1 saturated heterocycles. The fourth-order valence-corrected chi connectivity index (χ4v) is 6.53. The summed E-state index contributed by atoms with van der Waals surface area (Å²) in [5, 5.41) is 0.863. The van der Waals surface area contributed by atoms with Gasteiger partial charge in [-0.3, -0.25) is 4.98 Å². The molecule has 2 N–H and O–H groups in total. The van der Waals surface area contributed by atoms with Gasteiger partial charge in [0.1, 0.15) is 23.4 Å². The Kier molecular flexibility index (Phi) is 5.96. The fourth-order valence-electron chi connectivity index (χ4n) is 6.53. The number of hydrogen-bond donors (Lipinski definition) is 1. The SMILES string of the molecule is Cn1c(C2CN(C(=O)OC(C)(C)C)CCC23CC=CCC3)c(-c2ccc(C3CC3)nc2)c2c(N)ncnc21. The molecule has 0 radical (unpaired) electrons. The largest absolute Gasteiger partial charge is 0.444 e. The first-order chi connectivity index (χ1) is 18.2. The number of aryl methyl sites for hydroxylation is 1. The third-order valence-electron chi connectivity index (χ3n) is 8.62. The Morgan fingerprint density at radius 1 is 1.13 bits per heavy atom. The first kappa shape index (κ1) is 24.9. The highest BCUT2D eigenvalue weighted by Crippen LogP contribution is 2.54. The van der Waals surface area contributed by atoms with Crippen LogP contribution in [-0.4, -0.2) is 49.2 Å². The van der Waals surface area contributed by atoms with Gasteiger partial charge >= 0.3 is 6.09 Å². The molecule has 1 saturated carbocycles. The van der Waals surface area contributed by atoms with Crippen LogP contribution in [0.5, 0.6) is 0 Å². The van der Waals surface area contributed by atoms with E-state index in [0.717, 1.165) is 59.2 Å². The van der Waals surface area contributed by atoms with Crippen molar-refractivity contribution in [1.29, 1.82) is 0 Å². The van der Waals surface area contributed by atoms with Crippen LogP contribution >= 0.6 is 0 Å². The molecule has 38 heavy (non-hydrogen) atoms. The number of ether oxygens (including phenoxy) is 1. The van der Waals surface area contributed by atoms with Crippen LogP contribution in [-0.2, 0) is 11.8 Å². The lowest BCUT2D eigenvalue weighted by atomic mass is 9.62. The van der Waals surface area contributed by atoms with E-state index in [-0.39, 0.29) is 17.4 Å². The van der Waals surface area contributed by atoms with Gasteiger partial charge in [-0.05, 0) is 70.8 Å². The van der Waals surface area contributed by atoms with E-state index in [4.69, 9.17) is 15.5 Å². The van der Waals surface area contributed by atoms with Crippen LogP contribution in [0.15, 0.2) is 36.8 Å². The molecule has 3 aliphatic rings. The summed E-state index contributed by atoms with van der Waals surface area (Å²) in [5.41, 5.74) is 11.2. The maximum Gasteiger partial charge on any atom is 0.410 e. The molecule has 0 aromatic carbocycles. The summed E-state index contributed by atoms with van der Waals surface area (Å²) in [7, 11) is 2.07. The number of nitrogens with two attached hydrogens (primary N) is 1. The van der Waals surface area contributed by atoms with Crippen molar-refractivity contribution in [2.24, 2.45) is 12.5 Å². The Balaban J connectivity index is 1.52. The number of aromatic nitrogens is 4. The summed E-state index contributed by atoms with van der Waals surface area (Å²) >= 11 is 0. The van der Waals surface area contributed by atoms with E-state index in [1.165, 1.54) is 19.2 Å². The maximum absolute atomic E-state index is 13.3. The molecule has 4 heterocycles. The molecule has 1 amide bonds. The molecular formula is C30H38N6O2. The monoisotopic (exact) mass is 514 g/mol. The van der Waals surface area contributed by atoms with Gasteiger partial charge in [0, 0.05) is 60.7 Å². The first-order valence-electron chi connectivity index (χ1n) is 13.8. The molecule has 2 aliphatic carbocycles. The number of allylic oxidation sites excluding steroid dienone is 2. The average molecular weight is 515 g/mol. The van der Waals surface area contributed by atoms with Crippen molar-refractivity contribution in [1.82, 2.24) is 24.4 Å². The third kappa shape index (κ3) is 4.33. The van der Waals surface area contributed by atoms with Gasteiger partial charge in [0.05, 0.1) is 5.39 Å². The number of likely N-dealkylation sites (tertiary alicyclic amines) is 1. The number of carbonyl (C=O) groups is 1. The summed E-state index contributed by atoms with van der Waals surface area (Å²) in [4.78, 5) is 29.0. The van der Waals surface area contributed by atoms with Crippen molar-refractivity contribution in [3.63, 3.8) is 0 Å². The van der Waals surface area contributed by atoms with E-state index in [0.29, 0.717) is 24.8 Å². The summed E-state index contributed by atoms with van der Waals surface area (Å²) in [5.74, 6) is 1.13. The number of nitrogen functional groups attached to an aromatic ring is 1. The van der Waals surface area contributed by atoms with Gasteiger partial charge in [0.15, 0.2) is 0 Å². The van der Waals surface area contributed by atoms with Gasteiger partial charge in [0.25, 0.3) is 0 Å². The number of piperidine rings is 1. The van der Waals surface area contributed by atoms with Crippen LogP contribution in [0.3, 0.4) is 0 Å². The molecule has 3 aromatic rings. The van der Waals surface area contributed by atoms with Crippen molar-refractivity contribution in [2.75, 3.05) is 18.8 Å². The average Bonchev–Trinajstić information content (AvgIpc) is 3.69. The van der Waals surface area contributed by atoms with Crippen LogP contribution in [0, 0.1) is 5.41 Å². The van der Waals surface area contributed by atoms with E-state index in [2.05, 4.69) is 45.9 Å². The van der Waals surface area contributed by atoms with Gasteiger partial charge in [-0.2, -0.15) is 0 Å². The standard InChI is InChI=1S/C30H38N6O2/c1-29(2,3)38-28(37)36-15-14-30(12-6-5-7-13-30)21(17-36)25-23(20-10-11-22(32-16-20)19-8-9-19)24-26(31)33-18-34-27(24)35(25)4/h5-6,10-11,16,18-19,21H,7-9,12-15,17H2,1-4H3,(H2,31,33,34). The van der Waals surface area contributed by atoms with Gasteiger partial charge in [-0.15, -0.1) is 0 Å². The Morgan fingerprint density at radius 3 is 2.61 bits per heavy atom. The zero-order chi connectivity index (χ0) is 26.7. The van der Waals surface area contributed by atoms with E-state index >= 15 is 0 Å².